The van der Waals surface area contributed by atoms with Gasteiger partial charge in [0.25, 0.3) is 5.56 Å². The van der Waals surface area contributed by atoms with E-state index in [1.54, 1.807) is 49.4 Å². The fourth-order valence-electron chi connectivity index (χ4n) is 5.97. The van der Waals surface area contributed by atoms with Crippen LogP contribution in [0.5, 0.6) is 11.5 Å². The van der Waals surface area contributed by atoms with Gasteiger partial charge < -0.3 is 34.7 Å². The lowest BCUT2D eigenvalue weighted by atomic mass is 9.92. The molecule has 0 radical (unpaired) electrons. The Morgan fingerprint density at radius 1 is 1.00 bits per heavy atom. The lowest BCUT2D eigenvalue weighted by Gasteiger charge is -2.22. The SMILES string of the molecule is COC(=O)c1ccc(C)c(-n2c(C)cc(OCc3ccccc3CNC(=O)NC(C=C(N)C(C)(C)C)=Nc3cccc(OCCOC4CCCCO4)c3)c(Cl)c2=O)c1. The number of urea groups is 1. The topological polar surface area (TPSA) is 165 Å². The second-order valence-corrected chi connectivity index (χ2v) is 15.2. The Balaban J connectivity index is 1.25. The molecule has 1 saturated heterocycles. The van der Waals surface area contributed by atoms with Crippen molar-refractivity contribution in [2.45, 2.75) is 73.3 Å². The van der Waals surface area contributed by atoms with Crippen molar-refractivity contribution in [2.75, 3.05) is 26.9 Å². The first-order valence-corrected chi connectivity index (χ1v) is 19.5. The molecule has 0 saturated carbocycles. The summed E-state index contributed by atoms with van der Waals surface area (Å²) in [6, 6.07) is 20.8. The van der Waals surface area contributed by atoms with Crippen molar-refractivity contribution in [3.63, 3.8) is 0 Å². The number of methoxy groups -OCH3 is 1. The number of amides is 2. The number of ether oxygens (including phenoxy) is 5. The average Bonchev–Trinajstić information content (AvgIpc) is 3.20. The highest BCUT2D eigenvalue weighted by molar-refractivity contribution is 6.31. The molecule has 2 amide bonds. The zero-order valence-electron chi connectivity index (χ0n) is 33.9. The van der Waals surface area contributed by atoms with Crippen LogP contribution in [0.2, 0.25) is 5.02 Å². The number of aryl methyl sites for hydroxylation is 2. The number of nitrogens with two attached hydrogens (primary N) is 1. The molecule has 1 atom stereocenters. The largest absolute Gasteiger partial charge is 0.491 e. The molecule has 2 heterocycles. The van der Waals surface area contributed by atoms with Gasteiger partial charge in [0.15, 0.2) is 6.29 Å². The standard InChI is InChI=1S/C44H52ClN5O8/c1-28-17-18-30(42(52)54-6)23-35(28)50-29(2)22-36(40(45)41(50)51)58-27-32-13-8-7-12-31(32)26-47-43(53)49-38(25-37(46)44(3,4)5)48-33-14-11-15-34(24-33)55-20-21-57-39-16-9-10-19-56-39/h7-8,11-15,17-18,22-25,39H,9-10,16,19-21,26-27,46H2,1-6H3,(H2,47,48,49,53). The number of allylic oxidation sites excluding steroid dienone is 1. The summed E-state index contributed by atoms with van der Waals surface area (Å²) in [4.78, 5) is 43.8. The molecule has 3 aromatic carbocycles. The summed E-state index contributed by atoms with van der Waals surface area (Å²) < 4.78 is 29.7. The van der Waals surface area contributed by atoms with Crippen LogP contribution in [0.1, 0.15) is 72.8 Å². The molecule has 1 aliphatic rings. The van der Waals surface area contributed by atoms with E-state index in [1.807, 2.05) is 64.1 Å². The van der Waals surface area contributed by atoms with Crippen LogP contribution < -0.4 is 31.4 Å². The Bertz CT molecular complexity index is 2200. The first kappa shape index (κ1) is 43.5. The highest BCUT2D eigenvalue weighted by Crippen LogP contribution is 2.27. The van der Waals surface area contributed by atoms with Crippen LogP contribution in [0.15, 0.2) is 94.4 Å². The van der Waals surface area contributed by atoms with Gasteiger partial charge in [0.1, 0.15) is 35.6 Å². The zero-order chi connectivity index (χ0) is 41.8. The molecule has 1 fully saturated rings. The molecule has 0 spiro atoms. The maximum atomic E-state index is 13.6. The number of esters is 1. The minimum atomic E-state index is -0.519. The zero-order valence-corrected chi connectivity index (χ0v) is 34.6. The normalized spacial score (nSPS) is 14.8. The Morgan fingerprint density at radius 3 is 2.50 bits per heavy atom. The van der Waals surface area contributed by atoms with Gasteiger partial charge in [-0.1, -0.05) is 68.8 Å². The third kappa shape index (κ3) is 11.9. The number of hydrogen-bond donors (Lipinski definition) is 3. The van der Waals surface area contributed by atoms with Crippen molar-refractivity contribution in [1.29, 1.82) is 0 Å². The van der Waals surface area contributed by atoms with E-state index in [2.05, 4.69) is 10.6 Å². The predicted molar refractivity (Wildman–Crippen MR) is 224 cm³/mol. The smallest absolute Gasteiger partial charge is 0.337 e. The van der Waals surface area contributed by atoms with Gasteiger partial charge in [0.05, 0.1) is 30.7 Å². The molecule has 308 valence electrons. The van der Waals surface area contributed by atoms with Crippen molar-refractivity contribution in [3.8, 4) is 17.2 Å². The van der Waals surface area contributed by atoms with Gasteiger partial charge in [-0.05, 0) is 74.1 Å². The minimum absolute atomic E-state index is 0.0649. The van der Waals surface area contributed by atoms with E-state index in [-0.39, 0.29) is 41.5 Å². The molecule has 1 aliphatic heterocycles. The molecule has 0 bridgehead atoms. The molecule has 4 aromatic rings. The Kier molecular flexibility index (Phi) is 15.1. The van der Waals surface area contributed by atoms with Crippen LogP contribution in [0.3, 0.4) is 0 Å². The monoisotopic (exact) mass is 813 g/mol. The van der Waals surface area contributed by atoms with E-state index >= 15 is 0 Å². The van der Waals surface area contributed by atoms with Crippen molar-refractivity contribution in [2.24, 2.45) is 16.1 Å². The number of carbonyl (C=O) groups excluding carboxylic acids is 2. The van der Waals surface area contributed by atoms with E-state index in [0.717, 1.165) is 36.0 Å². The molecule has 13 nitrogen and oxygen atoms in total. The number of nitrogens with zero attached hydrogens (tertiary/aromatic N) is 2. The van der Waals surface area contributed by atoms with Crippen LogP contribution in [0, 0.1) is 19.3 Å². The Hall–Kier alpha value is -5.63. The second kappa shape index (κ2) is 20.2. The number of aromatic nitrogens is 1. The molecule has 1 aromatic heterocycles. The van der Waals surface area contributed by atoms with E-state index in [4.69, 9.17) is 46.0 Å². The third-order valence-corrected chi connectivity index (χ3v) is 9.72. The number of hydrogen-bond acceptors (Lipinski definition) is 10. The number of pyridine rings is 1. The lowest BCUT2D eigenvalue weighted by molar-refractivity contribution is -0.165. The number of aliphatic imine (C=N–C) groups is 1. The third-order valence-electron chi connectivity index (χ3n) is 9.37. The minimum Gasteiger partial charge on any atom is -0.491 e. The fourth-order valence-corrected chi connectivity index (χ4v) is 6.16. The first-order chi connectivity index (χ1) is 27.7. The average molecular weight is 814 g/mol. The molecule has 1 unspecified atom stereocenters. The van der Waals surface area contributed by atoms with Gasteiger partial charge in [0, 0.05) is 48.2 Å². The molecule has 4 N–H and O–H groups in total. The van der Waals surface area contributed by atoms with Crippen LogP contribution in [-0.4, -0.2) is 55.6 Å². The van der Waals surface area contributed by atoms with E-state index in [9.17, 15) is 14.4 Å². The highest BCUT2D eigenvalue weighted by atomic mass is 35.5. The van der Waals surface area contributed by atoms with E-state index < -0.39 is 17.6 Å². The number of nitrogens with one attached hydrogen (secondary N) is 2. The maximum absolute atomic E-state index is 13.6. The van der Waals surface area contributed by atoms with Crippen molar-refractivity contribution in [3.05, 3.63) is 128 Å². The first-order valence-electron chi connectivity index (χ1n) is 19.1. The van der Waals surface area contributed by atoms with Crippen LogP contribution in [-0.2, 0) is 27.4 Å². The summed E-state index contributed by atoms with van der Waals surface area (Å²) in [5.74, 6) is 0.518. The Labute approximate surface area is 344 Å². The van der Waals surface area contributed by atoms with Crippen molar-refractivity contribution in [1.82, 2.24) is 15.2 Å². The van der Waals surface area contributed by atoms with Crippen molar-refractivity contribution >= 4 is 35.1 Å². The van der Waals surface area contributed by atoms with Crippen LogP contribution >= 0.6 is 11.6 Å². The number of halogens is 1. The quantitative estimate of drug-likeness (QED) is 0.0499. The number of amidine groups is 1. The number of benzene rings is 3. The Morgan fingerprint density at radius 2 is 1.78 bits per heavy atom. The van der Waals surface area contributed by atoms with Gasteiger partial charge in [-0.15, -0.1) is 0 Å². The second-order valence-electron chi connectivity index (χ2n) is 14.8. The van der Waals surface area contributed by atoms with Gasteiger partial charge in [-0.3, -0.25) is 14.7 Å². The highest BCUT2D eigenvalue weighted by Gasteiger charge is 2.19. The maximum Gasteiger partial charge on any atom is 0.337 e. The van der Waals surface area contributed by atoms with Crippen molar-refractivity contribution < 1.29 is 33.3 Å². The summed E-state index contributed by atoms with van der Waals surface area (Å²) in [5.41, 5.74) is 10.3. The summed E-state index contributed by atoms with van der Waals surface area (Å²) in [5, 5.41) is 5.62. The van der Waals surface area contributed by atoms with Gasteiger partial charge in [-0.2, -0.15) is 0 Å². The summed E-state index contributed by atoms with van der Waals surface area (Å²) in [7, 11) is 1.30. The number of carbonyl (C=O) groups is 2. The molecule has 58 heavy (non-hydrogen) atoms. The summed E-state index contributed by atoms with van der Waals surface area (Å²) >= 11 is 6.59. The molecular formula is C44H52ClN5O8. The lowest BCUT2D eigenvalue weighted by Crippen LogP contribution is -2.39. The molecule has 5 rings (SSSR count). The molecule has 0 aliphatic carbocycles. The van der Waals surface area contributed by atoms with E-state index in [1.165, 1.54) is 11.7 Å². The number of rotatable bonds is 14. The van der Waals surface area contributed by atoms with Crippen LogP contribution in [0.4, 0.5) is 10.5 Å². The van der Waals surface area contributed by atoms with Gasteiger partial charge in [-0.25, -0.2) is 14.6 Å². The van der Waals surface area contributed by atoms with E-state index in [0.29, 0.717) is 53.9 Å². The fraction of sp³-hybridized carbons (Fsp3) is 0.364. The van der Waals surface area contributed by atoms with Gasteiger partial charge >= 0.3 is 12.0 Å². The van der Waals surface area contributed by atoms with Gasteiger partial charge in [0.2, 0.25) is 0 Å². The molecular weight excluding hydrogens is 762 g/mol. The summed E-state index contributed by atoms with van der Waals surface area (Å²) in [6.45, 7) is 11.2. The summed E-state index contributed by atoms with van der Waals surface area (Å²) in [6.07, 6.45) is 4.48. The predicted octanol–water partition coefficient (Wildman–Crippen LogP) is 7.81. The molecule has 14 heteroatoms. The van der Waals surface area contributed by atoms with Crippen LogP contribution in [0.25, 0.3) is 5.69 Å².